The smallest absolute Gasteiger partial charge is 0.263 e. The molecule has 0 unspecified atom stereocenters. The molecule has 1 saturated heterocycles. The standard InChI is InChI=1S/C22H23N3O5S2/c26-21(19-7-4-10-24(22(19)27)16-17-5-2-1-3-6-17)23-15-18-8-9-20(31-18)32(28,29)25-11-13-30-14-12-25/h1-10H,11-16H2,(H,23,26). The number of aromatic nitrogens is 1. The highest BCUT2D eigenvalue weighted by Crippen LogP contribution is 2.25. The predicted molar refractivity (Wildman–Crippen MR) is 121 cm³/mol. The van der Waals surface area contributed by atoms with Gasteiger partial charge < -0.3 is 14.6 Å². The normalized spacial score (nSPS) is 14.9. The van der Waals surface area contributed by atoms with Gasteiger partial charge in [0.1, 0.15) is 9.77 Å². The van der Waals surface area contributed by atoms with Crippen LogP contribution in [-0.2, 0) is 27.8 Å². The van der Waals surface area contributed by atoms with Crippen LogP contribution in [0.2, 0.25) is 0 Å². The third kappa shape index (κ3) is 4.99. The molecule has 1 amide bonds. The fourth-order valence-corrected chi connectivity index (χ4v) is 6.24. The van der Waals surface area contributed by atoms with E-state index in [2.05, 4.69) is 5.32 Å². The molecule has 10 heteroatoms. The van der Waals surface area contributed by atoms with Crippen molar-refractivity contribution in [2.75, 3.05) is 26.3 Å². The second-order valence-electron chi connectivity index (χ2n) is 7.26. The molecule has 2 aromatic heterocycles. The second-order valence-corrected chi connectivity index (χ2v) is 10.6. The van der Waals surface area contributed by atoms with Gasteiger partial charge in [0.05, 0.1) is 26.3 Å². The Labute approximate surface area is 190 Å². The molecule has 1 aliphatic heterocycles. The van der Waals surface area contributed by atoms with Crippen LogP contribution < -0.4 is 10.9 Å². The van der Waals surface area contributed by atoms with Gasteiger partial charge in [0, 0.05) is 24.2 Å². The Morgan fingerprint density at radius 3 is 2.53 bits per heavy atom. The zero-order chi connectivity index (χ0) is 22.6. The van der Waals surface area contributed by atoms with Gasteiger partial charge in [0.25, 0.3) is 21.5 Å². The van der Waals surface area contributed by atoms with Crippen LogP contribution in [0.5, 0.6) is 0 Å². The van der Waals surface area contributed by atoms with Crippen LogP contribution in [0, 0.1) is 0 Å². The van der Waals surface area contributed by atoms with Gasteiger partial charge in [-0.25, -0.2) is 8.42 Å². The highest BCUT2D eigenvalue weighted by molar-refractivity contribution is 7.91. The van der Waals surface area contributed by atoms with E-state index in [0.717, 1.165) is 16.9 Å². The van der Waals surface area contributed by atoms with Crippen molar-refractivity contribution in [1.29, 1.82) is 0 Å². The van der Waals surface area contributed by atoms with Crippen LogP contribution in [0.25, 0.3) is 0 Å². The molecule has 0 saturated carbocycles. The zero-order valence-electron chi connectivity index (χ0n) is 17.3. The minimum atomic E-state index is -3.57. The van der Waals surface area contributed by atoms with Gasteiger partial charge >= 0.3 is 0 Å². The molecule has 1 N–H and O–H groups in total. The molecular formula is C22H23N3O5S2. The van der Waals surface area contributed by atoms with E-state index in [1.165, 1.54) is 14.9 Å². The summed E-state index contributed by atoms with van der Waals surface area (Å²) in [6.07, 6.45) is 1.65. The minimum Gasteiger partial charge on any atom is -0.379 e. The monoisotopic (exact) mass is 473 g/mol. The van der Waals surface area contributed by atoms with Crippen molar-refractivity contribution in [2.24, 2.45) is 0 Å². The van der Waals surface area contributed by atoms with Crippen molar-refractivity contribution < 1.29 is 17.9 Å². The highest BCUT2D eigenvalue weighted by Gasteiger charge is 2.27. The average Bonchev–Trinajstić information content (AvgIpc) is 3.30. The maximum atomic E-state index is 12.7. The quantitative estimate of drug-likeness (QED) is 0.565. The van der Waals surface area contributed by atoms with E-state index in [0.29, 0.717) is 37.7 Å². The molecule has 4 rings (SSSR count). The molecule has 3 aromatic rings. The summed E-state index contributed by atoms with van der Waals surface area (Å²) < 4.78 is 33.8. The molecule has 0 radical (unpaired) electrons. The van der Waals surface area contributed by atoms with E-state index in [1.807, 2.05) is 30.3 Å². The van der Waals surface area contributed by atoms with Gasteiger partial charge in [-0.3, -0.25) is 9.59 Å². The molecule has 32 heavy (non-hydrogen) atoms. The van der Waals surface area contributed by atoms with Crippen LogP contribution in [0.4, 0.5) is 0 Å². The number of hydrogen-bond acceptors (Lipinski definition) is 6. The summed E-state index contributed by atoms with van der Waals surface area (Å²) >= 11 is 1.11. The summed E-state index contributed by atoms with van der Waals surface area (Å²) in [5.74, 6) is -0.497. The van der Waals surface area contributed by atoms with Gasteiger partial charge in [-0.15, -0.1) is 11.3 Å². The van der Waals surface area contributed by atoms with Gasteiger partial charge in [-0.05, 0) is 29.8 Å². The fourth-order valence-electron chi connectivity index (χ4n) is 3.38. The molecule has 1 aromatic carbocycles. The van der Waals surface area contributed by atoms with Crippen LogP contribution in [0.3, 0.4) is 0 Å². The summed E-state index contributed by atoms with van der Waals surface area (Å²) in [4.78, 5) is 26.1. The number of carbonyl (C=O) groups is 1. The lowest BCUT2D eigenvalue weighted by atomic mass is 10.2. The maximum Gasteiger partial charge on any atom is 0.263 e. The number of nitrogens with zero attached hydrogens (tertiary/aromatic N) is 2. The van der Waals surface area contributed by atoms with Crippen molar-refractivity contribution in [3.8, 4) is 0 Å². The summed E-state index contributed by atoms with van der Waals surface area (Å²) in [6, 6.07) is 15.9. The van der Waals surface area contributed by atoms with Crippen LogP contribution in [-0.4, -0.2) is 49.5 Å². The third-order valence-corrected chi connectivity index (χ3v) is 8.54. The number of morpholine rings is 1. The van der Waals surface area contributed by atoms with E-state index in [9.17, 15) is 18.0 Å². The average molecular weight is 474 g/mol. The molecule has 0 atom stereocenters. The van der Waals surface area contributed by atoms with Gasteiger partial charge in [-0.1, -0.05) is 30.3 Å². The Morgan fingerprint density at radius 1 is 1.03 bits per heavy atom. The van der Waals surface area contributed by atoms with Crippen molar-refractivity contribution >= 4 is 27.3 Å². The summed E-state index contributed by atoms with van der Waals surface area (Å²) in [7, 11) is -3.57. The summed E-state index contributed by atoms with van der Waals surface area (Å²) in [5, 5.41) is 2.72. The van der Waals surface area contributed by atoms with Gasteiger partial charge in [0.15, 0.2) is 0 Å². The van der Waals surface area contributed by atoms with E-state index < -0.39 is 15.9 Å². The Morgan fingerprint density at radius 2 is 1.78 bits per heavy atom. The maximum absolute atomic E-state index is 12.7. The third-order valence-electron chi connectivity index (χ3n) is 5.08. The lowest BCUT2D eigenvalue weighted by Crippen LogP contribution is -2.40. The molecule has 3 heterocycles. The minimum absolute atomic E-state index is 0.0427. The Balaban J connectivity index is 1.42. The second kappa shape index (κ2) is 9.78. The van der Waals surface area contributed by atoms with Gasteiger partial charge in [0.2, 0.25) is 0 Å². The predicted octanol–water partition coefficient (Wildman–Crippen LogP) is 1.91. The number of sulfonamides is 1. The zero-order valence-corrected chi connectivity index (χ0v) is 18.9. The first-order chi connectivity index (χ1) is 15.4. The van der Waals surface area contributed by atoms with Crippen molar-refractivity contribution in [3.63, 3.8) is 0 Å². The number of rotatable bonds is 7. The molecule has 0 aliphatic carbocycles. The van der Waals surface area contributed by atoms with Crippen molar-refractivity contribution in [3.05, 3.63) is 87.2 Å². The molecule has 8 nitrogen and oxygen atoms in total. The van der Waals surface area contributed by atoms with Crippen LogP contribution in [0.15, 0.2) is 69.8 Å². The molecule has 0 bridgehead atoms. The van der Waals surface area contributed by atoms with Gasteiger partial charge in [-0.2, -0.15) is 4.31 Å². The van der Waals surface area contributed by atoms with E-state index >= 15 is 0 Å². The Kier molecular flexibility index (Phi) is 6.85. The molecular weight excluding hydrogens is 450 g/mol. The fraction of sp³-hybridized carbons (Fsp3) is 0.273. The number of pyridine rings is 1. The molecule has 0 spiro atoms. The van der Waals surface area contributed by atoms with Crippen molar-refractivity contribution in [1.82, 2.24) is 14.2 Å². The number of benzene rings is 1. The summed E-state index contributed by atoms with van der Waals surface area (Å²) in [6.45, 7) is 1.92. The SMILES string of the molecule is O=C(NCc1ccc(S(=O)(=O)N2CCOCC2)s1)c1cccn(Cc2ccccc2)c1=O. The lowest BCUT2D eigenvalue weighted by molar-refractivity contribution is 0.0731. The number of thiophene rings is 1. The van der Waals surface area contributed by atoms with E-state index in [4.69, 9.17) is 4.74 Å². The first-order valence-electron chi connectivity index (χ1n) is 10.1. The summed E-state index contributed by atoms with van der Waals surface area (Å²) in [5.41, 5.74) is 0.622. The van der Waals surface area contributed by atoms with Crippen molar-refractivity contribution in [2.45, 2.75) is 17.3 Å². The first kappa shape index (κ1) is 22.4. The molecule has 1 aliphatic rings. The number of ether oxygens (including phenoxy) is 1. The topological polar surface area (TPSA) is 97.7 Å². The molecule has 1 fully saturated rings. The van der Waals surface area contributed by atoms with Crippen LogP contribution in [0.1, 0.15) is 20.8 Å². The number of amides is 1. The van der Waals surface area contributed by atoms with E-state index in [-0.39, 0.29) is 21.9 Å². The lowest BCUT2D eigenvalue weighted by Gasteiger charge is -2.25. The largest absolute Gasteiger partial charge is 0.379 e. The number of nitrogens with one attached hydrogen (secondary N) is 1. The molecule has 168 valence electrons. The first-order valence-corrected chi connectivity index (χ1v) is 12.4. The Hall–Kier alpha value is -2.79. The Bertz CT molecular complexity index is 1250. The van der Waals surface area contributed by atoms with E-state index in [1.54, 1.807) is 24.4 Å². The highest BCUT2D eigenvalue weighted by atomic mass is 32.2. The number of hydrogen-bond donors (Lipinski definition) is 1. The van der Waals surface area contributed by atoms with Crippen LogP contribution >= 0.6 is 11.3 Å². The number of carbonyl (C=O) groups excluding carboxylic acids is 1.